The van der Waals surface area contributed by atoms with Crippen LogP contribution in [0.3, 0.4) is 0 Å². The number of nitro groups is 1. The molecule has 1 aliphatic carbocycles. The molecule has 2 rings (SSSR count). The number of likely N-dealkylation sites (N-methyl/N-ethyl adjacent to an activating group) is 1. The van der Waals surface area contributed by atoms with Gasteiger partial charge in [-0.25, -0.2) is 0 Å². The molecule has 6 nitrogen and oxygen atoms in total. The van der Waals surface area contributed by atoms with Crippen molar-refractivity contribution in [1.82, 2.24) is 4.90 Å². The fourth-order valence-corrected chi connectivity index (χ4v) is 2.16. The highest BCUT2D eigenvalue weighted by molar-refractivity contribution is 6.30. The third-order valence-corrected chi connectivity index (χ3v) is 3.35. The maximum absolute atomic E-state index is 12.0. The van der Waals surface area contributed by atoms with E-state index in [0.29, 0.717) is 17.6 Å². The van der Waals surface area contributed by atoms with Gasteiger partial charge in [0, 0.05) is 29.7 Å². The topological polar surface area (TPSA) is 72.7 Å². The first-order valence-corrected chi connectivity index (χ1v) is 6.77. The minimum absolute atomic E-state index is 0.0164. The second kappa shape index (κ2) is 6.09. The second-order valence-corrected chi connectivity index (χ2v) is 5.01. The molecule has 7 heteroatoms. The van der Waals surface area contributed by atoms with Crippen LogP contribution in [0.5, 0.6) is 5.75 Å². The molecule has 0 spiro atoms. The third kappa shape index (κ3) is 3.39. The molecule has 20 heavy (non-hydrogen) atoms. The van der Waals surface area contributed by atoms with Crippen LogP contribution in [0.25, 0.3) is 0 Å². The third-order valence-electron chi connectivity index (χ3n) is 3.12. The lowest BCUT2D eigenvalue weighted by Gasteiger charge is -2.20. The molecule has 0 bridgehead atoms. The molecule has 1 amide bonds. The van der Waals surface area contributed by atoms with E-state index in [1.54, 1.807) is 4.90 Å². The van der Waals surface area contributed by atoms with Crippen molar-refractivity contribution in [3.8, 4) is 5.75 Å². The molecule has 0 radical (unpaired) electrons. The van der Waals surface area contributed by atoms with Gasteiger partial charge >= 0.3 is 5.69 Å². The standard InChI is InChI=1S/C13H15ClN2O4/c1-2-15(10-4-5-10)13(17)8-20-12-7-9(14)3-6-11(12)16(18)19/h3,6-7,10H,2,4-5,8H2,1H3. The second-order valence-electron chi connectivity index (χ2n) is 4.57. The van der Waals surface area contributed by atoms with E-state index in [0.717, 1.165) is 12.8 Å². The Balaban J connectivity index is 2.04. The number of rotatable bonds is 6. The van der Waals surface area contributed by atoms with Crippen molar-refractivity contribution in [3.63, 3.8) is 0 Å². The van der Waals surface area contributed by atoms with Crippen molar-refractivity contribution in [2.75, 3.05) is 13.2 Å². The number of nitro benzene ring substituents is 1. The number of hydrogen-bond acceptors (Lipinski definition) is 4. The van der Waals surface area contributed by atoms with Crippen LogP contribution < -0.4 is 4.74 Å². The number of amides is 1. The van der Waals surface area contributed by atoms with Gasteiger partial charge < -0.3 is 9.64 Å². The average molecular weight is 299 g/mol. The summed E-state index contributed by atoms with van der Waals surface area (Å²) in [5.74, 6) is -0.146. The molecule has 1 aromatic rings. The van der Waals surface area contributed by atoms with Crippen LogP contribution in [0.4, 0.5) is 5.69 Å². The van der Waals surface area contributed by atoms with Gasteiger partial charge in [-0.3, -0.25) is 14.9 Å². The van der Waals surface area contributed by atoms with Crippen molar-refractivity contribution in [3.05, 3.63) is 33.3 Å². The van der Waals surface area contributed by atoms with Gasteiger partial charge in [0.05, 0.1) is 4.92 Å². The van der Waals surface area contributed by atoms with Gasteiger partial charge in [-0.05, 0) is 25.8 Å². The van der Waals surface area contributed by atoms with E-state index in [4.69, 9.17) is 16.3 Å². The van der Waals surface area contributed by atoms with Crippen molar-refractivity contribution in [2.45, 2.75) is 25.8 Å². The smallest absolute Gasteiger partial charge is 0.311 e. The van der Waals surface area contributed by atoms with Crippen molar-refractivity contribution in [2.24, 2.45) is 0 Å². The van der Waals surface area contributed by atoms with Crippen molar-refractivity contribution >= 4 is 23.2 Å². The Bertz CT molecular complexity index is 531. The predicted octanol–water partition coefficient (Wildman–Crippen LogP) is 2.64. The number of halogens is 1. The molecule has 0 atom stereocenters. The van der Waals surface area contributed by atoms with E-state index in [1.807, 2.05) is 6.92 Å². The first-order valence-electron chi connectivity index (χ1n) is 6.39. The van der Waals surface area contributed by atoms with Crippen LogP contribution in [0.15, 0.2) is 18.2 Å². The largest absolute Gasteiger partial charge is 0.477 e. The zero-order valence-electron chi connectivity index (χ0n) is 11.0. The lowest BCUT2D eigenvalue weighted by atomic mass is 10.3. The summed E-state index contributed by atoms with van der Waals surface area (Å²) < 4.78 is 5.28. The molecule has 0 aliphatic heterocycles. The number of carbonyl (C=O) groups excluding carboxylic acids is 1. The van der Waals surface area contributed by atoms with Gasteiger partial charge in [0.1, 0.15) is 0 Å². The van der Waals surface area contributed by atoms with E-state index in [2.05, 4.69) is 0 Å². The van der Waals surface area contributed by atoms with Gasteiger partial charge in [-0.2, -0.15) is 0 Å². The predicted molar refractivity (Wildman–Crippen MR) is 74.0 cm³/mol. The molecular weight excluding hydrogens is 284 g/mol. The fourth-order valence-electron chi connectivity index (χ4n) is 2.00. The highest BCUT2D eigenvalue weighted by atomic mass is 35.5. The summed E-state index contributed by atoms with van der Waals surface area (Å²) in [5, 5.41) is 11.2. The maximum Gasteiger partial charge on any atom is 0.311 e. The van der Waals surface area contributed by atoms with E-state index >= 15 is 0 Å². The number of carbonyl (C=O) groups is 1. The normalized spacial score (nSPS) is 13.9. The van der Waals surface area contributed by atoms with Gasteiger partial charge in [-0.1, -0.05) is 11.6 Å². The molecule has 108 valence electrons. The molecule has 0 unspecified atom stereocenters. The first kappa shape index (κ1) is 14.6. The molecule has 1 fully saturated rings. The zero-order chi connectivity index (χ0) is 14.7. The Labute approximate surface area is 121 Å². The number of benzene rings is 1. The van der Waals surface area contributed by atoms with E-state index < -0.39 is 4.92 Å². The molecule has 1 aromatic carbocycles. The van der Waals surface area contributed by atoms with Crippen LogP contribution in [0.2, 0.25) is 5.02 Å². The van der Waals surface area contributed by atoms with Crippen molar-refractivity contribution < 1.29 is 14.5 Å². The van der Waals surface area contributed by atoms with Crippen LogP contribution in [0, 0.1) is 10.1 Å². The molecular formula is C13H15ClN2O4. The van der Waals surface area contributed by atoms with E-state index in [1.165, 1.54) is 18.2 Å². The molecule has 0 heterocycles. The molecule has 0 saturated heterocycles. The Morgan fingerprint density at radius 2 is 2.25 bits per heavy atom. The molecule has 0 aromatic heterocycles. The average Bonchev–Trinajstić information content (AvgIpc) is 3.21. The molecule has 1 aliphatic rings. The Kier molecular flexibility index (Phi) is 4.44. The number of ether oxygens (including phenoxy) is 1. The highest BCUT2D eigenvalue weighted by Crippen LogP contribution is 2.30. The summed E-state index contributed by atoms with van der Waals surface area (Å²) in [7, 11) is 0. The lowest BCUT2D eigenvalue weighted by Crippen LogP contribution is -2.36. The Hall–Kier alpha value is -1.82. The molecule has 1 saturated carbocycles. The van der Waals surface area contributed by atoms with Crippen LogP contribution >= 0.6 is 11.6 Å². The summed E-state index contributed by atoms with van der Waals surface area (Å²) in [5.41, 5.74) is -0.198. The van der Waals surface area contributed by atoms with Gasteiger partial charge in [0.15, 0.2) is 12.4 Å². The quantitative estimate of drug-likeness (QED) is 0.598. The summed E-state index contributed by atoms with van der Waals surface area (Å²) >= 11 is 5.79. The minimum Gasteiger partial charge on any atom is -0.477 e. The minimum atomic E-state index is -0.561. The highest BCUT2D eigenvalue weighted by Gasteiger charge is 2.31. The van der Waals surface area contributed by atoms with Crippen LogP contribution in [0.1, 0.15) is 19.8 Å². The van der Waals surface area contributed by atoms with Gasteiger partial charge in [-0.15, -0.1) is 0 Å². The Morgan fingerprint density at radius 1 is 1.55 bits per heavy atom. The van der Waals surface area contributed by atoms with Gasteiger partial charge in [0.25, 0.3) is 5.91 Å². The van der Waals surface area contributed by atoms with Crippen molar-refractivity contribution in [1.29, 1.82) is 0 Å². The Morgan fingerprint density at radius 3 is 2.80 bits per heavy atom. The summed E-state index contributed by atoms with van der Waals surface area (Å²) in [6, 6.07) is 4.32. The summed E-state index contributed by atoms with van der Waals surface area (Å²) in [6.45, 7) is 2.30. The van der Waals surface area contributed by atoms with Crippen LogP contribution in [-0.2, 0) is 4.79 Å². The SMILES string of the molecule is CCN(C(=O)COc1cc(Cl)ccc1[N+](=O)[O-])C1CC1. The van der Waals surface area contributed by atoms with E-state index in [-0.39, 0.29) is 24.0 Å². The number of nitrogens with zero attached hydrogens (tertiary/aromatic N) is 2. The monoisotopic (exact) mass is 298 g/mol. The van der Waals surface area contributed by atoms with Gasteiger partial charge in [0.2, 0.25) is 0 Å². The maximum atomic E-state index is 12.0. The van der Waals surface area contributed by atoms with Crippen LogP contribution in [-0.4, -0.2) is 34.9 Å². The fraction of sp³-hybridized carbons (Fsp3) is 0.462. The zero-order valence-corrected chi connectivity index (χ0v) is 11.8. The summed E-state index contributed by atoms with van der Waals surface area (Å²) in [6.07, 6.45) is 2.02. The van der Waals surface area contributed by atoms with E-state index in [9.17, 15) is 14.9 Å². The lowest BCUT2D eigenvalue weighted by molar-refractivity contribution is -0.385. The molecule has 0 N–H and O–H groups in total. The first-order chi connectivity index (χ1) is 9.52. The number of hydrogen-bond donors (Lipinski definition) is 0. The summed E-state index contributed by atoms with van der Waals surface area (Å²) in [4.78, 5) is 24.0.